The number of carbonyl (C=O) groups excluding carboxylic acids is 2. The molecule has 0 aliphatic carbocycles. The average molecular weight is 396 g/mol. The number of hydrogen-bond acceptors (Lipinski definition) is 3. The Morgan fingerprint density at radius 1 is 1.07 bits per heavy atom. The number of aryl methyl sites for hydroxylation is 1. The SMILES string of the molecule is CCc1c(C(=O)N2CCN(Cc3ccc(C(C)C)cc3)CC2)[nH]c(C)c1C(C)=O. The van der Waals surface area contributed by atoms with Crippen LogP contribution in [-0.4, -0.2) is 52.7 Å². The molecule has 0 spiro atoms. The fraction of sp³-hybridized carbons (Fsp3) is 0.500. The van der Waals surface area contributed by atoms with Crippen LogP contribution in [0.15, 0.2) is 24.3 Å². The number of amides is 1. The third-order valence-electron chi connectivity index (χ3n) is 5.92. The van der Waals surface area contributed by atoms with Gasteiger partial charge in [-0.2, -0.15) is 0 Å². The van der Waals surface area contributed by atoms with Crippen LogP contribution >= 0.6 is 0 Å². The number of carbonyl (C=O) groups is 2. The van der Waals surface area contributed by atoms with Crippen LogP contribution in [0.25, 0.3) is 0 Å². The summed E-state index contributed by atoms with van der Waals surface area (Å²) in [7, 11) is 0. The molecule has 1 aromatic heterocycles. The number of rotatable bonds is 6. The molecule has 29 heavy (non-hydrogen) atoms. The summed E-state index contributed by atoms with van der Waals surface area (Å²) < 4.78 is 0. The van der Waals surface area contributed by atoms with Gasteiger partial charge in [0.2, 0.25) is 0 Å². The van der Waals surface area contributed by atoms with Crippen molar-refractivity contribution in [1.82, 2.24) is 14.8 Å². The maximum Gasteiger partial charge on any atom is 0.270 e. The van der Waals surface area contributed by atoms with Gasteiger partial charge in [-0.1, -0.05) is 45.0 Å². The summed E-state index contributed by atoms with van der Waals surface area (Å²) in [5.41, 5.74) is 5.59. The smallest absolute Gasteiger partial charge is 0.270 e. The average Bonchev–Trinajstić information content (AvgIpc) is 3.05. The van der Waals surface area contributed by atoms with Crippen LogP contribution in [0, 0.1) is 6.92 Å². The predicted octanol–water partition coefficient (Wildman–Crippen LogP) is 4.17. The van der Waals surface area contributed by atoms with Crippen LogP contribution in [0.2, 0.25) is 0 Å². The van der Waals surface area contributed by atoms with Gasteiger partial charge in [-0.25, -0.2) is 0 Å². The van der Waals surface area contributed by atoms with Gasteiger partial charge in [0.15, 0.2) is 5.78 Å². The molecule has 0 bridgehead atoms. The van der Waals surface area contributed by atoms with E-state index < -0.39 is 0 Å². The molecule has 1 N–H and O–H groups in total. The van der Waals surface area contributed by atoms with Gasteiger partial charge in [-0.05, 0) is 42.9 Å². The number of H-pyrrole nitrogens is 1. The van der Waals surface area contributed by atoms with Crippen LogP contribution < -0.4 is 0 Å². The zero-order valence-corrected chi connectivity index (χ0v) is 18.3. The Morgan fingerprint density at radius 3 is 2.21 bits per heavy atom. The standard InChI is InChI=1S/C24H33N3O2/c1-6-21-22(18(5)28)17(4)25-23(21)24(29)27-13-11-26(12-14-27)15-19-7-9-20(10-8-19)16(2)3/h7-10,16,25H,6,11-15H2,1-5H3. The molecule has 1 aliphatic rings. The molecule has 5 nitrogen and oxygen atoms in total. The Balaban J connectivity index is 1.63. The molecule has 1 saturated heterocycles. The molecule has 0 unspecified atom stereocenters. The van der Waals surface area contributed by atoms with E-state index in [1.807, 2.05) is 18.7 Å². The number of aromatic amines is 1. The second kappa shape index (κ2) is 8.95. The maximum atomic E-state index is 13.1. The number of piperazine rings is 1. The number of Topliss-reactive ketones (excluding diaryl/α,β-unsaturated/α-hetero) is 1. The first-order chi connectivity index (χ1) is 13.8. The third kappa shape index (κ3) is 4.61. The monoisotopic (exact) mass is 395 g/mol. The van der Waals surface area contributed by atoms with E-state index in [4.69, 9.17) is 0 Å². The Labute approximate surface area is 174 Å². The fourth-order valence-corrected chi connectivity index (χ4v) is 4.22. The van der Waals surface area contributed by atoms with Gasteiger partial charge < -0.3 is 9.88 Å². The zero-order chi connectivity index (χ0) is 21.1. The molecule has 0 saturated carbocycles. The van der Waals surface area contributed by atoms with Gasteiger partial charge in [0.1, 0.15) is 5.69 Å². The number of benzene rings is 1. The van der Waals surface area contributed by atoms with E-state index in [2.05, 4.69) is 48.0 Å². The number of aromatic nitrogens is 1. The molecule has 1 aliphatic heterocycles. The van der Waals surface area contributed by atoms with Crippen molar-refractivity contribution in [3.63, 3.8) is 0 Å². The quantitative estimate of drug-likeness (QED) is 0.747. The van der Waals surface area contributed by atoms with Crippen molar-refractivity contribution in [2.45, 2.75) is 53.5 Å². The topological polar surface area (TPSA) is 56.4 Å². The predicted molar refractivity (Wildman–Crippen MR) is 117 cm³/mol. The largest absolute Gasteiger partial charge is 0.354 e. The van der Waals surface area contributed by atoms with E-state index in [1.54, 1.807) is 6.92 Å². The molecular formula is C24H33N3O2. The second-order valence-corrected chi connectivity index (χ2v) is 8.35. The minimum Gasteiger partial charge on any atom is -0.354 e. The highest BCUT2D eigenvalue weighted by Crippen LogP contribution is 2.22. The molecule has 1 amide bonds. The molecule has 0 atom stereocenters. The molecule has 2 heterocycles. The second-order valence-electron chi connectivity index (χ2n) is 8.35. The van der Waals surface area contributed by atoms with Crippen LogP contribution in [0.3, 0.4) is 0 Å². The van der Waals surface area contributed by atoms with E-state index in [0.29, 0.717) is 36.7 Å². The molecule has 5 heteroatoms. The van der Waals surface area contributed by atoms with Gasteiger partial charge in [0, 0.05) is 44.0 Å². The van der Waals surface area contributed by atoms with Crippen molar-refractivity contribution < 1.29 is 9.59 Å². The van der Waals surface area contributed by atoms with Crippen LogP contribution in [0.5, 0.6) is 0 Å². The maximum absolute atomic E-state index is 13.1. The third-order valence-corrected chi connectivity index (χ3v) is 5.92. The Kier molecular flexibility index (Phi) is 6.58. The highest BCUT2D eigenvalue weighted by Gasteiger charge is 2.27. The van der Waals surface area contributed by atoms with Crippen LogP contribution in [0.4, 0.5) is 0 Å². The summed E-state index contributed by atoms with van der Waals surface area (Å²) in [6.45, 7) is 13.9. The molecule has 156 valence electrons. The zero-order valence-electron chi connectivity index (χ0n) is 18.3. The highest BCUT2D eigenvalue weighted by molar-refractivity contribution is 6.02. The van der Waals surface area contributed by atoms with Crippen molar-refractivity contribution in [3.05, 3.63) is 57.9 Å². The van der Waals surface area contributed by atoms with Gasteiger partial charge in [-0.3, -0.25) is 14.5 Å². The Morgan fingerprint density at radius 2 is 1.69 bits per heavy atom. The molecular weight excluding hydrogens is 362 g/mol. The summed E-state index contributed by atoms with van der Waals surface area (Å²) in [5.74, 6) is 0.577. The van der Waals surface area contributed by atoms with Gasteiger partial charge >= 0.3 is 0 Å². The summed E-state index contributed by atoms with van der Waals surface area (Å²) in [4.78, 5) is 32.6. The van der Waals surface area contributed by atoms with Crippen molar-refractivity contribution in [2.75, 3.05) is 26.2 Å². The molecule has 2 aromatic rings. The first kappa shape index (κ1) is 21.3. The van der Waals surface area contributed by atoms with Crippen molar-refractivity contribution in [3.8, 4) is 0 Å². The van der Waals surface area contributed by atoms with Gasteiger partial charge in [0.05, 0.1) is 0 Å². The van der Waals surface area contributed by atoms with Crippen molar-refractivity contribution in [2.24, 2.45) is 0 Å². The van der Waals surface area contributed by atoms with Crippen LogP contribution in [-0.2, 0) is 13.0 Å². The molecule has 1 aromatic carbocycles. The fourth-order valence-electron chi connectivity index (χ4n) is 4.22. The van der Waals surface area contributed by atoms with E-state index in [1.165, 1.54) is 11.1 Å². The molecule has 0 radical (unpaired) electrons. The van der Waals surface area contributed by atoms with Crippen LogP contribution in [0.1, 0.15) is 76.8 Å². The first-order valence-corrected chi connectivity index (χ1v) is 10.6. The lowest BCUT2D eigenvalue weighted by Gasteiger charge is -2.34. The normalized spacial score (nSPS) is 15.2. The summed E-state index contributed by atoms with van der Waals surface area (Å²) in [6, 6.07) is 8.86. The lowest BCUT2D eigenvalue weighted by molar-refractivity contribution is 0.0622. The van der Waals surface area contributed by atoms with Crippen molar-refractivity contribution in [1.29, 1.82) is 0 Å². The van der Waals surface area contributed by atoms with Gasteiger partial charge in [-0.15, -0.1) is 0 Å². The molecule has 3 rings (SSSR count). The van der Waals surface area contributed by atoms with E-state index in [0.717, 1.165) is 30.9 Å². The summed E-state index contributed by atoms with van der Waals surface area (Å²) in [6.07, 6.45) is 0.673. The first-order valence-electron chi connectivity index (χ1n) is 10.6. The Bertz CT molecular complexity index is 872. The van der Waals surface area contributed by atoms with E-state index in [-0.39, 0.29) is 11.7 Å². The Hall–Kier alpha value is -2.40. The number of nitrogens with zero attached hydrogens (tertiary/aromatic N) is 2. The molecule has 1 fully saturated rings. The summed E-state index contributed by atoms with van der Waals surface area (Å²) in [5, 5.41) is 0. The van der Waals surface area contributed by atoms with E-state index in [9.17, 15) is 9.59 Å². The lowest BCUT2D eigenvalue weighted by atomic mass is 10.0. The minimum atomic E-state index is 0.0124. The number of hydrogen-bond donors (Lipinski definition) is 1. The number of nitrogens with one attached hydrogen (secondary N) is 1. The minimum absolute atomic E-state index is 0.0124. The highest BCUT2D eigenvalue weighted by atomic mass is 16.2. The lowest BCUT2D eigenvalue weighted by Crippen LogP contribution is -2.48. The number of ketones is 1. The van der Waals surface area contributed by atoms with Crippen molar-refractivity contribution >= 4 is 11.7 Å². The van der Waals surface area contributed by atoms with E-state index >= 15 is 0 Å². The summed E-state index contributed by atoms with van der Waals surface area (Å²) >= 11 is 0. The van der Waals surface area contributed by atoms with Gasteiger partial charge in [0.25, 0.3) is 5.91 Å².